The third-order valence-corrected chi connectivity index (χ3v) is 6.32. The van der Waals surface area contributed by atoms with Crippen LogP contribution in [-0.2, 0) is 13.0 Å². The van der Waals surface area contributed by atoms with E-state index in [0.29, 0.717) is 17.3 Å². The summed E-state index contributed by atoms with van der Waals surface area (Å²) in [6, 6.07) is 5.03. The largest absolute Gasteiger partial charge is 0.305 e. The van der Waals surface area contributed by atoms with Crippen LogP contribution in [0.2, 0.25) is 0 Å². The number of aryl methyl sites for hydroxylation is 2. The molecule has 0 N–H and O–H groups in total. The van der Waals surface area contributed by atoms with Crippen LogP contribution in [0.3, 0.4) is 0 Å². The molecule has 0 aliphatic heterocycles. The summed E-state index contributed by atoms with van der Waals surface area (Å²) in [4.78, 5) is 2.34. The minimum atomic E-state index is 0.337. The zero-order valence-electron chi connectivity index (χ0n) is 19.3. The van der Waals surface area contributed by atoms with Gasteiger partial charge in [0, 0.05) is 6.54 Å². The first-order chi connectivity index (χ1) is 12.6. The van der Waals surface area contributed by atoms with Crippen molar-refractivity contribution in [3.8, 4) is 0 Å². The lowest BCUT2D eigenvalue weighted by Gasteiger charge is -2.41. The molecule has 0 spiro atoms. The Bertz CT molecular complexity index is 645. The van der Waals surface area contributed by atoms with Crippen molar-refractivity contribution in [2.75, 3.05) is 14.1 Å². The smallest absolute Gasteiger partial charge is 0.0230 e. The van der Waals surface area contributed by atoms with E-state index in [1.807, 2.05) is 0 Å². The molecule has 27 heavy (non-hydrogen) atoms. The van der Waals surface area contributed by atoms with E-state index in [-0.39, 0.29) is 0 Å². The van der Waals surface area contributed by atoms with Gasteiger partial charge >= 0.3 is 0 Å². The summed E-state index contributed by atoms with van der Waals surface area (Å²) in [7, 11) is 4.41. The van der Waals surface area contributed by atoms with Gasteiger partial charge < -0.3 is 4.90 Å². The Hall–Kier alpha value is -1.08. The highest BCUT2D eigenvalue weighted by Gasteiger charge is 2.36. The fraction of sp³-hybridized carbons (Fsp3) is 0.692. The number of hydrogen-bond acceptors (Lipinski definition) is 1. The third kappa shape index (κ3) is 5.95. The highest BCUT2D eigenvalue weighted by Crippen LogP contribution is 2.48. The molecule has 0 saturated heterocycles. The number of rotatable bonds is 7. The van der Waals surface area contributed by atoms with Gasteiger partial charge in [-0.25, -0.2) is 0 Å². The lowest BCUT2D eigenvalue weighted by molar-refractivity contribution is 0.191. The highest BCUT2D eigenvalue weighted by molar-refractivity contribution is 5.43. The van der Waals surface area contributed by atoms with Gasteiger partial charge in [0.15, 0.2) is 0 Å². The van der Waals surface area contributed by atoms with Gasteiger partial charge in [-0.2, -0.15) is 0 Å². The first-order valence-corrected chi connectivity index (χ1v) is 11.1. The first-order valence-electron chi connectivity index (χ1n) is 11.1. The Morgan fingerprint density at radius 1 is 1.07 bits per heavy atom. The van der Waals surface area contributed by atoms with E-state index in [1.54, 1.807) is 16.7 Å². The van der Waals surface area contributed by atoms with E-state index in [0.717, 1.165) is 6.54 Å². The molecule has 1 heteroatoms. The fourth-order valence-corrected chi connectivity index (χ4v) is 5.00. The molecule has 1 aromatic rings. The van der Waals surface area contributed by atoms with Gasteiger partial charge in [-0.05, 0) is 93.1 Å². The Kier molecular flexibility index (Phi) is 7.74. The predicted molar refractivity (Wildman–Crippen MR) is 120 cm³/mol. The van der Waals surface area contributed by atoms with Crippen LogP contribution >= 0.6 is 0 Å². The number of hydrogen-bond donors (Lipinski definition) is 0. The van der Waals surface area contributed by atoms with E-state index in [2.05, 4.69) is 78.7 Å². The van der Waals surface area contributed by atoms with Crippen molar-refractivity contribution >= 4 is 0 Å². The molecule has 2 atom stereocenters. The molecule has 0 aromatic heterocycles. The maximum Gasteiger partial charge on any atom is 0.0230 e. The minimum absolute atomic E-state index is 0.337. The Morgan fingerprint density at radius 3 is 2.37 bits per heavy atom. The van der Waals surface area contributed by atoms with Crippen molar-refractivity contribution in [1.29, 1.82) is 0 Å². The molecule has 2 rings (SSSR count). The van der Waals surface area contributed by atoms with Crippen LogP contribution in [0, 0.1) is 18.3 Å². The average molecular weight is 370 g/mol. The van der Waals surface area contributed by atoms with Gasteiger partial charge in [0.25, 0.3) is 0 Å². The van der Waals surface area contributed by atoms with Gasteiger partial charge in [0.05, 0.1) is 0 Å². The Morgan fingerprint density at radius 2 is 1.78 bits per heavy atom. The molecule has 0 heterocycles. The molecule has 0 radical (unpaired) electrons. The van der Waals surface area contributed by atoms with Gasteiger partial charge in [-0.15, -0.1) is 0 Å². The van der Waals surface area contributed by atoms with Gasteiger partial charge in [-0.3, -0.25) is 0 Å². The maximum absolute atomic E-state index is 2.53. The van der Waals surface area contributed by atoms with Crippen LogP contribution in [0.25, 0.3) is 0 Å². The number of unbranched alkanes of at least 4 members (excludes halogenated alkanes) is 2. The van der Waals surface area contributed by atoms with E-state index in [9.17, 15) is 0 Å². The SMILES string of the molecule is CCCCCc1cc(C)c(C2CC(C)=CCC2C(C)(C)C)c(CN(C)C)c1. The normalized spacial score (nSPS) is 20.9. The molecule has 1 aromatic carbocycles. The van der Waals surface area contributed by atoms with Crippen molar-refractivity contribution in [3.63, 3.8) is 0 Å². The summed E-state index contributed by atoms with van der Waals surface area (Å²) < 4.78 is 0. The molecule has 1 nitrogen and oxygen atoms in total. The average Bonchev–Trinajstić information content (AvgIpc) is 2.53. The number of benzene rings is 1. The third-order valence-electron chi connectivity index (χ3n) is 6.32. The second-order valence-electron chi connectivity index (χ2n) is 10.2. The number of allylic oxidation sites excluding steroid dienone is 2. The Balaban J connectivity index is 2.47. The van der Waals surface area contributed by atoms with Crippen LogP contribution in [0.5, 0.6) is 0 Å². The summed E-state index contributed by atoms with van der Waals surface area (Å²) in [6.45, 7) is 15.3. The van der Waals surface area contributed by atoms with Crippen molar-refractivity contribution in [2.45, 2.75) is 92.5 Å². The zero-order valence-corrected chi connectivity index (χ0v) is 19.3. The molecule has 0 saturated carbocycles. The molecule has 0 amide bonds. The van der Waals surface area contributed by atoms with Crippen LogP contribution < -0.4 is 0 Å². The quantitative estimate of drug-likeness (QED) is 0.360. The van der Waals surface area contributed by atoms with Gasteiger partial charge in [0.2, 0.25) is 0 Å². The van der Waals surface area contributed by atoms with Gasteiger partial charge in [0.1, 0.15) is 0 Å². The summed E-state index contributed by atoms with van der Waals surface area (Å²) >= 11 is 0. The summed E-state index contributed by atoms with van der Waals surface area (Å²) in [5, 5.41) is 0. The van der Waals surface area contributed by atoms with E-state index in [4.69, 9.17) is 0 Å². The van der Waals surface area contributed by atoms with Crippen molar-refractivity contribution < 1.29 is 0 Å². The van der Waals surface area contributed by atoms with Crippen molar-refractivity contribution in [2.24, 2.45) is 11.3 Å². The summed E-state index contributed by atoms with van der Waals surface area (Å²) in [5.41, 5.74) is 8.19. The minimum Gasteiger partial charge on any atom is -0.305 e. The Labute approximate surface area is 169 Å². The second-order valence-corrected chi connectivity index (χ2v) is 10.2. The van der Waals surface area contributed by atoms with Crippen LogP contribution in [0.4, 0.5) is 0 Å². The zero-order chi connectivity index (χ0) is 20.2. The van der Waals surface area contributed by atoms with Crippen LogP contribution in [0.1, 0.15) is 94.9 Å². The lowest BCUT2D eigenvalue weighted by atomic mass is 9.63. The van der Waals surface area contributed by atoms with E-state index >= 15 is 0 Å². The van der Waals surface area contributed by atoms with E-state index in [1.165, 1.54) is 49.7 Å². The fourth-order valence-electron chi connectivity index (χ4n) is 5.00. The number of nitrogens with zero attached hydrogens (tertiary/aromatic N) is 1. The maximum atomic E-state index is 2.53. The molecular weight excluding hydrogens is 326 g/mol. The first kappa shape index (κ1) is 22.2. The van der Waals surface area contributed by atoms with Crippen LogP contribution in [-0.4, -0.2) is 19.0 Å². The molecule has 152 valence electrons. The van der Waals surface area contributed by atoms with E-state index < -0.39 is 0 Å². The molecular formula is C26H43N. The molecule has 0 fully saturated rings. The second kappa shape index (κ2) is 9.41. The monoisotopic (exact) mass is 369 g/mol. The van der Waals surface area contributed by atoms with Crippen LogP contribution in [0.15, 0.2) is 23.8 Å². The standard InChI is InChI=1S/C26H43N/c1-9-10-11-12-21-16-20(3)25(22(17-21)18-27(7)8)23-15-19(2)13-14-24(23)26(4,5)6/h13,16-17,23-24H,9-12,14-15,18H2,1-8H3. The van der Waals surface area contributed by atoms with Gasteiger partial charge in [-0.1, -0.05) is 64.3 Å². The highest BCUT2D eigenvalue weighted by atomic mass is 15.0. The molecule has 1 aliphatic carbocycles. The topological polar surface area (TPSA) is 3.24 Å². The molecule has 1 aliphatic rings. The summed E-state index contributed by atoms with van der Waals surface area (Å²) in [5.74, 6) is 1.36. The lowest BCUT2D eigenvalue weighted by Crippen LogP contribution is -2.30. The molecule has 2 unspecified atom stereocenters. The molecule has 0 bridgehead atoms. The predicted octanol–water partition coefficient (Wildman–Crippen LogP) is 7.28. The van der Waals surface area contributed by atoms with Crippen molar-refractivity contribution in [3.05, 3.63) is 46.0 Å². The summed E-state index contributed by atoms with van der Waals surface area (Å²) in [6.07, 6.45) is 10.1. The van der Waals surface area contributed by atoms with Crippen molar-refractivity contribution in [1.82, 2.24) is 4.90 Å².